The average molecular weight is 344 g/mol. The summed E-state index contributed by atoms with van der Waals surface area (Å²) in [5, 5.41) is 12.1. The number of nitrogens with one attached hydrogen (secondary N) is 1. The topological polar surface area (TPSA) is 69.6 Å². The van der Waals surface area contributed by atoms with Gasteiger partial charge in [0.15, 0.2) is 0 Å². The second-order valence-electron chi connectivity index (χ2n) is 6.08. The minimum absolute atomic E-state index is 0.134. The minimum atomic E-state index is -1.03. The molecule has 0 spiro atoms. The molecule has 1 aliphatic heterocycles. The zero-order chi connectivity index (χ0) is 18.1. The molecule has 26 heavy (non-hydrogen) atoms. The van der Waals surface area contributed by atoms with Crippen LogP contribution in [0.4, 0.5) is 17.1 Å². The maximum atomic E-state index is 12.7. The van der Waals surface area contributed by atoms with Crippen molar-refractivity contribution in [1.29, 1.82) is 0 Å². The zero-order valence-electron chi connectivity index (χ0n) is 13.8. The van der Waals surface area contributed by atoms with Crippen molar-refractivity contribution in [2.24, 2.45) is 0 Å². The predicted molar refractivity (Wildman–Crippen MR) is 100 cm³/mol. The van der Waals surface area contributed by atoms with Gasteiger partial charge < -0.3 is 15.3 Å². The van der Waals surface area contributed by atoms with E-state index in [0.717, 1.165) is 16.9 Å². The first kappa shape index (κ1) is 15.9. The number of nitrogens with zero attached hydrogens (tertiary/aromatic N) is 1. The Balaban J connectivity index is 1.89. The third kappa shape index (κ3) is 2.80. The Morgan fingerprint density at radius 1 is 0.923 bits per heavy atom. The van der Waals surface area contributed by atoms with Crippen LogP contribution in [0, 0.1) is 0 Å². The highest BCUT2D eigenvalue weighted by Crippen LogP contribution is 2.39. The van der Waals surface area contributed by atoms with E-state index in [4.69, 9.17) is 0 Å². The fourth-order valence-corrected chi connectivity index (χ4v) is 3.16. The number of fused-ring (bicyclic) bond motifs is 2. The van der Waals surface area contributed by atoms with Crippen molar-refractivity contribution < 1.29 is 14.7 Å². The Morgan fingerprint density at radius 3 is 2.42 bits per heavy atom. The number of carboxylic acids is 1. The Hall–Kier alpha value is -3.60. The summed E-state index contributed by atoms with van der Waals surface area (Å²) in [5.74, 6) is -1.28. The van der Waals surface area contributed by atoms with Crippen LogP contribution >= 0.6 is 0 Å². The number of amides is 1. The maximum Gasteiger partial charge on any atom is 0.335 e. The number of hydrogen-bond donors (Lipinski definition) is 2. The van der Waals surface area contributed by atoms with Gasteiger partial charge in [-0.2, -0.15) is 0 Å². The van der Waals surface area contributed by atoms with Crippen molar-refractivity contribution in [3.05, 3.63) is 89.5 Å². The molecular weight excluding hydrogens is 328 g/mol. The van der Waals surface area contributed by atoms with E-state index in [1.165, 1.54) is 6.07 Å². The molecule has 1 amide bonds. The normalized spacial score (nSPS) is 12.6. The molecule has 3 aromatic carbocycles. The van der Waals surface area contributed by atoms with E-state index in [1.54, 1.807) is 18.2 Å². The number of carbonyl (C=O) groups excluding carboxylic acids is 1. The lowest BCUT2D eigenvalue weighted by molar-refractivity contribution is 0.0696. The highest BCUT2D eigenvalue weighted by Gasteiger charge is 2.25. The molecule has 1 heterocycles. The van der Waals surface area contributed by atoms with Crippen molar-refractivity contribution in [1.82, 2.24) is 0 Å². The fourth-order valence-electron chi connectivity index (χ4n) is 3.16. The Bertz CT molecular complexity index is 999. The van der Waals surface area contributed by atoms with Crippen molar-refractivity contribution >= 4 is 28.9 Å². The molecule has 0 aliphatic carbocycles. The predicted octanol–water partition coefficient (Wildman–Crippen LogP) is 4.29. The first-order chi connectivity index (χ1) is 12.6. The molecule has 0 unspecified atom stereocenters. The van der Waals surface area contributed by atoms with Gasteiger partial charge in [-0.05, 0) is 35.9 Å². The average Bonchev–Trinajstić information content (AvgIpc) is 2.77. The second-order valence-corrected chi connectivity index (χ2v) is 6.08. The van der Waals surface area contributed by atoms with Gasteiger partial charge in [0.05, 0.1) is 28.2 Å². The summed E-state index contributed by atoms with van der Waals surface area (Å²) in [5.41, 5.74) is 3.81. The van der Waals surface area contributed by atoms with Crippen molar-refractivity contribution in [3.8, 4) is 0 Å². The van der Waals surface area contributed by atoms with Gasteiger partial charge in [0.2, 0.25) is 0 Å². The molecule has 1 aliphatic rings. The monoisotopic (exact) mass is 344 g/mol. The number of carbonyl (C=O) groups is 2. The number of aromatic carboxylic acids is 1. The van der Waals surface area contributed by atoms with E-state index in [9.17, 15) is 14.7 Å². The number of carboxylic acid groups (broad SMARTS) is 1. The van der Waals surface area contributed by atoms with Crippen LogP contribution in [0.5, 0.6) is 0 Å². The first-order valence-corrected chi connectivity index (χ1v) is 8.22. The molecule has 0 radical (unpaired) electrons. The lowest BCUT2D eigenvalue weighted by Gasteiger charge is -2.26. The van der Waals surface area contributed by atoms with Crippen LogP contribution in [0.15, 0.2) is 72.8 Å². The molecule has 0 aromatic heterocycles. The summed E-state index contributed by atoms with van der Waals surface area (Å²) in [7, 11) is 0. The smallest absolute Gasteiger partial charge is 0.335 e. The lowest BCUT2D eigenvalue weighted by atomic mass is 10.1. The Kier molecular flexibility index (Phi) is 3.89. The van der Waals surface area contributed by atoms with Gasteiger partial charge in [-0.1, -0.05) is 42.5 Å². The summed E-state index contributed by atoms with van der Waals surface area (Å²) in [6.45, 7) is 0.562. The van der Waals surface area contributed by atoms with Crippen LogP contribution in [0.1, 0.15) is 26.3 Å². The number of para-hydroxylation sites is 1. The highest BCUT2D eigenvalue weighted by molar-refractivity contribution is 6.13. The second kappa shape index (κ2) is 6.37. The molecule has 0 saturated carbocycles. The van der Waals surface area contributed by atoms with Crippen LogP contribution in [-0.2, 0) is 6.54 Å². The van der Waals surface area contributed by atoms with Crippen LogP contribution in [-0.4, -0.2) is 17.0 Å². The third-order valence-corrected chi connectivity index (χ3v) is 4.41. The van der Waals surface area contributed by atoms with Crippen molar-refractivity contribution in [2.45, 2.75) is 6.54 Å². The van der Waals surface area contributed by atoms with E-state index < -0.39 is 5.97 Å². The summed E-state index contributed by atoms with van der Waals surface area (Å²) in [6, 6.07) is 22.1. The number of benzene rings is 3. The number of anilines is 3. The van der Waals surface area contributed by atoms with Gasteiger partial charge in [0, 0.05) is 6.54 Å². The highest BCUT2D eigenvalue weighted by atomic mass is 16.4. The van der Waals surface area contributed by atoms with Crippen LogP contribution < -0.4 is 10.2 Å². The van der Waals surface area contributed by atoms with Crippen molar-refractivity contribution in [3.63, 3.8) is 0 Å². The molecular formula is C21H16N2O3. The van der Waals surface area contributed by atoms with Gasteiger partial charge in [0.25, 0.3) is 5.91 Å². The van der Waals surface area contributed by atoms with E-state index in [1.807, 2.05) is 53.4 Å². The summed E-state index contributed by atoms with van der Waals surface area (Å²) < 4.78 is 0. The largest absolute Gasteiger partial charge is 0.478 e. The molecule has 5 nitrogen and oxygen atoms in total. The molecule has 5 heteroatoms. The van der Waals surface area contributed by atoms with Gasteiger partial charge >= 0.3 is 5.97 Å². The van der Waals surface area contributed by atoms with E-state index in [-0.39, 0.29) is 11.5 Å². The fraction of sp³-hybridized carbons (Fsp3) is 0.0476. The van der Waals surface area contributed by atoms with E-state index in [2.05, 4.69) is 5.32 Å². The van der Waals surface area contributed by atoms with Gasteiger partial charge in [-0.25, -0.2) is 4.79 Å². The van der Waals surface area contributed by atoms with E-state index in [0.29, 0.717) is 17.8 Å². The standard InChI is InChI=1S/C21H16N2O3/c24-20-16-8-4-5-9-18(16)23(13-14-6-2-1-3-7-14)19-11-10-15(21(25)26)12-17(19)22-20/h1-12H,13H2,(H,22,24)(H,25,26). The summed E-state index contributed by atoms with van der Waals surface area (Å²) in [6.07, 6.45) is 0. The summed E-state index contributed by atoms with van der Waals surface area (Å²) >= 11 is 0. The molecule has 2 N–H and O–H groups in total. The van der Waals surface area contributed by atoms with Gasteiger partial charge in [0.1, 0.15) is 0 Å². The van der Waals surface area contributed by atoms with Crippen LogP contribution in [0.3, 0.4) is 0 Å². The SMILES string of the molecule is O=C(O)c1ccc2c(c1)NC(=O)c1ccccc1N2Cc1ccccc1. The first-order valence-electron chi connectivity index (χ1n) is 8.22. The Morgan fingerprint density at radius 2 is 1.65 bits per heavy atom. The molecule has 128 valence electrons. The molecule has 0 saturated heterocycles. The third-order valence-electron chi connectivity index (χ3n) is 4.41. The molecule has 0 fully saturated rings. The summed E-state index contributed by atoms with van der Waals surface area (Å²) in [4.78, 5) is 26.0. The van der Waals surface area contributed by atoms with E-state index >= 15 is 0 Å². The maximum absolute atomic E-state index is 12.7. The minimum Gasteiger partial charge on any atom is -0.478 e. The molecule has 4 rings (SSSR count). The number of hydrogen-bond acceptors (Lipinski definition) is 3. The molecule has 0 atom stereocenters. The number of rotatable bonds is 3. The van der Waals surface area contributed by atoms with Crippen LogP contribution in [0.2, 0.25) is 0 Å². The van der Waals surface area contributed by atoms with Crippen molar-refractivity contribution in [2.75, 3.05) is 10.2 Å². The van der Waals surface area contributed by atoms with Gasteiger partial charge in [-0.15, -0.1) is 0 Å². The molecule has 0 bridgehead atoms. The van der Waals surface area contributed by atoms with Crippen LogP contribution in [0.25, 0.3) is 0 Å². The zero-order valence-corrected chi connectivity index (χ0v) is 13.8. The molecule has 3 aromatic rings. The van der Waals surface area contributed by atoms with Gasteiger partial charge in [-0.3, -0.25) is 4.79 Å². The quantitative estimate of drug-likeness (QED) is 0.744. The lowest BCUT2D eigenvalue weighted by Crippen LogP contribution is -2.17. The Labute approximate surface area is 150 Å².